The zero-order valence-electron chi connectivity index (χ0n) is 32.1. The van der Waals surface area contributed by atoms with Gasteiger partial charge < -0.3 is 23.8 Å². The molecule has 0 N–H and O–H groups in total. The highest BCUT2D eigenvalue weighted by atomic mass is 35.5. The average Bonchev–Trinajstić information content (AvgIpc) is 3.28. The van der Waals surface area contributed by atoms with E-state index in [1.165, 1.54) is 0 Å². The third-order valence-corrected chi connectivity index (χ3v) is 10.4. The van der Waals surface area contributed by atoms with Gasteiger partial charge in [-0.1, -0.05) is 107 Å². The lowest BCUT2D eigenvalue weighted by Crippen LogP contribution is -2.39. The molecule has 0 amide bonds. The van der Waals surface area contributed by atoms with E-state index in [1.807, 2.05) is 158 Å². The van der Waals surface area contributed by atoms with Crippen LogP contribution in [0.2, 0.25) is 20.1 Å². The summed E-state index contributed by atoms with van der Waals surface area (Å²) < 4.78 is 32.9. The first-order valence-corrected chi connectivity index (χ1v) is 19.7. The maximum Gasteiger partial charge on any atom is 0.361 e. The van der Waals surface area contributed by atoms with E-state index in [0.29, 0.717) is 31.6 Å². The van der Waals surface area contributed by atoms with E-state index in [2.05, 4.69) is 0 Å². The molecule has 0 aliphatic rings. The summed E-state index contributed by atoms with van der Waals surface area (Å²) in [4.78, 5) is 0. The van der Waals surface area contributed by atoms with Crippen molar-refractivity contribution in [3.05, 3.63) is 190 Å². The smallest absolute Gasteiger partial charge is 0.361 e. The fraction of sp³-hybridized carbons (Fsp3) is 0.0417. The summed E-state index contributed by atoms with van der Waals surface area (Å²) in [7, 11) is 0.151. The molecular weight excluding hydrogens is 844 g/mol. The van der Waals surface area contributed by atoms with Crippen LogP contribution in [0.25, 0.3) is 67.5 Å². The van der Waals surface area contributed by atoms with Crippen molar-refractivity contribution in [1.29, 1.82) is 0 Å². The van der Waals surface area contributed by atoms with Crippen molar-refractivity contribution in [2.75, 3.05) is 14.2 Å². The van der Waals surface area contributed by atoms with Gasteiger partial charge in [0, 0.05) is 11.1 Å². The second kappa shape index (κ2) is 21.0. The van der Waals surface area contributed by atoms with Crippen LogP contribution in [0.5, 0.6) is 11.5 Å². The van der Waals surface area contributed by atoms with Crippen LogP contribution in [0.3, 0.4) is 0 Å². The summed E-state index contributed by atoms with van der Waals surface area (Å²) in [5, 5.41) is 18.6. The maximum absolute atomic E-state index is 9.89. The molecule has 2 heterocycles. The van der Waals surface area contributed by atoms with Gasteiger partial charge in [-0.05, 0) is 96.1 Å². The highest BCUT2D eigenvalue weighted by Gasteiger charge is 2.23. The van der Waals surface area contributed by atoms with Crippen LogP contribution in [-0.4, -0.2) is 21.6 Å². The van der Waals surface area contributed by atoms with Crippen LogP contribution < -0.4 is 19.5 Å². The minimum atomic E-state index is -3.17. The Bertz CT molecular complexity index is 2470. The predicted octanol–water partition coefficient (Wildman–Crippen LogP) is 13.4. The summed E-state index contributed by atoms with van der Waals surface area (Å²) in [6.07, 6.45) is 0. The third kappa shape index (κ3) is 11.7. The molecule has 12 heteroatoms. The number of methoxy groups -OCH3 is 2. The minimum absolute atomic E-state index is 0.491. The lowest BCUT2D eigenvalue weighted by molar-refractivity contribution is -0.366. The van der Waals surface area contributed by atoms with Crippen molar-refractivity contribution in [1.82, 2.24) is 0 Å². The number of hydrogen-bond donors (Lipinski definition) is 0. The van der Waals surface area contributed by atoms with Gasteiger partial charge in [0.25, 0.3) is 0 Å². The summed E-state index contributed by atoms with van der Waals surface area (Å²) in [5.41, 5.74) is 7.93. The average molecular weight is 878 g/mol. The van der Waals surface area contributed by atoms with E-state index in [0.717, 1.165) is 67.5 Å². The van der Waals surface area contributed by atoms with Gasteiger partial charge in [0.05, 0.1) is 80.8 Å². The summed E-state index contributed by atoms with van der Waals surface area (Å²) in [6.45, 7) is 0. The van der Waals surface area contributed by atoms with Gasteiger partial charge in [0.15, 0.2) is 0 Å². The van der Waals surface area contributed by atoms with Gasteiger partial charge in [-0.15, -0.1) is 0 Å². The Labute approximate surface area is 367 Å². The van der Waals surface area contributed by atoms with Crippen molar-refractivity contribution >= 4 is 53.8 Å². The monoisotopic (exact) mass is 876 g/mol. The molecule has 0 bridgehead atoms. The Balaban J connectivity index is 0.000000185. The Morgan fingerprint density at radius 3 is 0.983 bits per heavy atom. The Morgan fingerprint density at radius 2 is 0.683 bits per heavy atom. The molecule has 0 radical (unpaired) electrons. The van der Waals surface area contributed by atoms with Crippen LogP contribution in [0.1, 0.15) is 0 Å². The molecule has 0 fully saturated rings. The summed E-state index contributed by atoms with van der Waals surface area (Å²) >= 11 is 24.6. The van der Waals surface area contributed by atoms with E-state index in [4.69, 9.17) is 74.8 Å². The molecule has 6 nitrogen and oxygen atoms in total. The summed E-state index contributed by atoms with van der Waals surface area (Å²) in [5.74, 6) is 4.61. The molecule has 0 saturated carbocycles. The normalized spacial score (nSPS) is 10.4. The fourth-order valence-electron chi connectivity index (χ4n) is 5.98. The second-order valence-corrected chi connectivity index (χ2v) is 14.5. The van der Waals surface area contributed by atoms with Crippen molar-refractivity contribution < 1.29 is 32.7 Å². The van der Waals surface area contributed by atoms with Crippen LogP contribution in [0.15, 0.2) is 179 Å². The second-order valence-electron chi connectivity index (χ2n) is 12.9. The molecule has 6 aromatic carbocycles. The predicted molar refractivity (Wildman–Crippen MR) is 239 cm³/mol. The molecule has 60 heavy (non-hydrogen) atoms. The minimum Gasteiger partial charge on any atom is -0.867 e. The SMILES string of the molecule is COc1ccc(-c2cc(-c3ccccc3)[o+]c(-c3ccc(Cl)c(Cl)c3)c2)cc1.COc1ccc(-c2cc(-c3ccccc3)[o+]c(-c3ccc(Cl)c(Cl)c3)c2)cc1.[O-]B([O-])F. The van der Waals surface area contributed by atoms with Crippen molar-refractivity contribution in [3.8, 4) is 79.0 Å². The lowest BCUT2D eigenvalue weighted by atomic mass is 10.0. The van der Waals surface area contributed by atoms with Crippen molar-refractivity contribution in [2.45, 2.75) is 0 Å². The Morgan fingerprint density at radius 1 is 0.383 bits per heavy atom. The molecular formula is C48H34BCl4FO6. The zero-order valence-corrected chi connectivity index (χ0v) is 35.1. The van der Waals surface area contributed by atoms with Gasteiger partial charge in [-0.3, -0.25) is 0 Å². The van der Waals surface area contributed by atoms with Crippen molar-refractivity contribution in [2.24, 2.45) is 0 Å². The molecule has 0 aliphatic heterocycles. The van der Waals surface area contributed by atoms with E-state index < -0.39 is 7.40 Å². The maximum atomic E-state index is 9.89. The first-order chi connectivity index (χ1) is 29.0. The van der Waals surface area contributed by atoms with Gasteiger partial charge in [-0.25, -0.2) is 8.83 Å². The van der Waals surface area contributed by atoms with E-state index in [1.54, 1.807) is 26.4 Å². The van der Waals surface area contributed by atoms with Gasteiger partial charge in [-0.2, -0.15) is 0 Å². The molecule has 0 spiro atoms. The zero-order chi connectivity index (χ0) is 42.6. The molecule has 2 aromatic heterocycles. The number of halogens is 5. The number of hydrogen-bond acceptors (Lipinski definition) is 4. The Kier molecular flexibility index (Phi) is 15.4. The van der Waals surface area contributed by atoms with Crippen molar-refractivity contribution in [3.63, 3.8) is 0 Å². The number of rotatable bonds is 8. The van der Waals surface area contributed by atoms with Crippen LogP contribution in [0.4, 0.5) is 4.32 Å². The largest absolute Gasteiger partial charge is 0.867 e. The standard InChI is InChI=1S/2C24H17Cl2O2.BFO2/c2*1-27-20-10-7-16(8-11-20)19-14-23(17-5-3-2-4-6-17)28-24(15-19)18-9-12-21(25)22(26)13-18;2-1(3)4/h2*2-15H,1H3;/q2*+1;-2. The molecule has 0 saturated heterocycles. The molecule has 300 valence electrons. The first kappa shape index (κ1) is 43.9. The van der Waals surface area contributed by atoms with Gasteiger partial charge >= 0.3 is 23.0 Å². The van der Waals surface area contributed by atoms with Crippen LogP contribution in [-0.2, 0) is 0 Å². The fourth-order valence-corrected chi connectivity index (χ4v) is 6.57. The number of benzene rings is 6. The highest BCUT2D eigenvalue weighted by molar-refractivity contribution is 6.42. The Hall–Kier alpha value is -5.71. The lowest BCUT2D eigenvalue weighted by Gasteiger charge is -2.09. The molecule has 0 aliphatic carbocycles. The highest BCUT2D eigenvalue weighted by Crippen LogP contribution is 2.37. The van der Waals surface area contributed by atoms with E-state index >= 15 is 0 Å². The van der Waals surface area contributed by atoms with Gasteiger partial charge in [0.2, 0.25) is 0 Å². The topological polar surface area (TPSA) is 87.2 Å². The van der Waals surface area contributed by atoms with E-state index in [9.17, 15) is 4.32 Å². The molecule has 0 atom stereocenters. The quantitative estimate of drug-likeness (QED) is 0.112. The summed E-state index contributed by atoms with van der Waals surface area (Å²) in [6, 6.07) is 55.0. The van der Waals surface area contributed by atoms with Gasteiger partial charge in [0.1, 0.15) is 18.9 Å². The number of ether oxygens (including phenoxy) is 2. The molecule has 8 rings (SSSR count). The van der Waals surface area contributed by atoms with Crippen LogP contribution >= 0.6 is 46.4 Å². The van der Waals surface area contributed by atoms with E-state index in [-0.39, 0.29) is 0 Å². The first-order valence-electron chi connectivity index (χ1n) is 18.2. The molecule has 0 unspecified atom stereocenters. The molecule has 8 aromatic rings. The van der Waals surface area contributed by atoms with Crippen LogP contribution in [0, 0.1) is 0 Å². The third-order valence-electron chi connectivity index (χ3n) is 8.96.